The first kappa shape index (κ1) is 18.3. The van der Waals surface area contributed by atoms with Crippen molar-refractivity contribution in [1.29, 1.82) is 0 Å². The van der Waals surface area contributed by atoms with E-state index in [4.69, 9.17) is 5.73 Å². The zero-order valence-corrected chi connectivity index (χ0v) is 15.9. The van der Waals surface area contributed by atoms with Crippen LogP contribution in [0.25, 0.3) is 22.4 Å². The number of carbonyl (C=O) groups excluding carboxylic acids is 1. The van der Waals surface area contributed by atoms with Gasteiger partial charge in [0.25, 0.3) is 5.01 Å². The molecule has 0 fully saturated rings. The Morgan fingerprint density at radius 2 is 1.92 bits per heavy atom. The van der Waals surface area contributed by atoms with Crippen LogP contribution in [0.1, 0.15) is 30.8 Å². The topological polar surface area (TPSA) is 59.0 Å². The van der Waals surface area contributed by atoms with Crippen LogP contribution in [0.4, 0.5) is 5.69 Å². The average Bonchev–Trinajstić information content (AvgIpc) is 2.99. The number of aromatic nitrogens is 1. The number of rotatable bonds is 6. The number of hydrogen-bond acceptors (Lipinski definition) is 3. The largest absolute Gasteiger partial charge is 0.325 e. The first-order chi connectivity index (χ1) is 12.6. The summed E-state index contributed by atoms with van der Waals surface area (Å²) < 4.78 is 3.67. The van der Waals surface area contributed by atoms with Gasteiger partial charge in [0.05, 0.1) is 6.04 Å². The van der Waals surface area contributed by atoms with E-state index in [1.807, 2.05) is 24.3 Å². The lowest BCUT2D eigenvalue weighted by Gasteiger charge is -2.07. The van der Waals surface area contributed by atoms with Gasteiger partial charge in [0.2, 0.25) is 11.4 Å². The van der Waals surface area contributed by atoms with Crippen LogP contribution in [0.3, 0.4) is 0 Å². The smallest absolute Gasteiger partial charge is 0.262 e. The Morgan fingerprint density at radius 3 is 2.62 bits per heavy atom. The maximum atomic E-state index is 11.6. The minimum absolute atomic E-state index is 0.181. The van der Waals surface area contributed by atoms with Crippen LogP contribution in [0.2, 0.25) is 0 Å². The molecule has 2 aromatic carbocycles. The van der Waals surface area contributed by atoms with Crippen molar-refractivity contribution in [2.75, 3.05) is 5.32 Å². The van der Waals surface area contributed by atoms with Crippen LogP contribution in [-0.2, 0) is 11.3 Å². The fourth-order valence-electron chi connectivity index (χ4n) is 2.73. The Morgan fingerprint density at radius 1 is 1.19 bits per heavy atom. The Bertz CT molecular complexity index is 926. The Labute approximate surface area is 158 Å². The molecule has 3 aromatic rings. The summed E-state index contributed by atoms with van der Waals surface area (Å²) in [6.07, 6.45) is 5.37. The van der Waals surface area contributed by atoms with Crippen molar-refractivity contribution in [1.82, 2.24) is 0 Å². The second kappa shape index (κ2) is 8.25. The van der Waals surface area contributed by atoms with Gasteiger partial charge in [-0.1, -0.05) is 42.5 Å². The van der Waals surface area contributed by atoms with E-state index in [1.54, 1.807) is 18.3 Å². The van der Waals surface area contributed by atoms with Crippen LogP contribution in [-0.4, -0.2) is 11.9 Å². The first-order valence-electron chi connectivity index (χ1n) is 8.84. The number of nitrogens with one attached hydrogen (secondary N) is 1. The van der Waals surface area contributed by atoms with Crippen LogP contribution < -0.4 is 15.6 Å². The summed E-state index contributed by atoms with van der Waals surface area (Å²) in [5, 5.41) is 4.03. The van der Waals surface area contributed by atoms with E-state index in [2.05, 4.69) is 53.2 Å². The standard InChI is InChI=1S/C21H23N3OS/c1-3-14-24-18-6-4-5-7-19(18)26-20(24)13-10-16-8-11-17(12-9-16)23-21(25)15(2)22/h4-13,15H,3,14,22H2,1-2H3/p+1/t15-/m0/s1. The molecule has 0 aliphatic rings. The summed E-state index contributed by atoms with van der Waals surface area (Å²) in [6.45, 7) is 4.87. The molecule has 26 heavy (non-hydrogen) atoms. The predicted molar refractivity (Wildman–Crippen MR) is 110 cm³/mol. The fourth-order valence-corrected chi connectivity index (χ4v) is 3.82. The molecule has 0 radical (unpaired) electrons. The number of para-hydroxylation sites is 1. The van der Waals surface area contributed by atoms with Crippen molar-refractivity contribution in [2.45, 2.75) is 32.9 Å². The van der Waals surface area contributed by atoms with Crippen molar-refractivity contribution in [3.8, 4) is 0 Å². The molecule has 0 saturated heterocycles. The van der Waals surface area contributed by atoms with Gasteiger partial charge in [0.15, 0.2) is 0 Å². The van der Waals surface area contributed by atoms with Gasteiger partial charge in [0.1, 0.15) is 11.2 Å². The molecule has 1 heterocycles. The Kier molecular flexibility index (Phi) is 5.81. The van der Waals surface area contributed by atoms with E-state index >= 15 is 0 Å². The van der Waals surface area contributed by atoms with E-state index in [-0.39, 0.29) is 5.91 Å². The zero-order valence-electron chi connectivity index (χ0n) is 15.1. The van der Waals surface area contributed by atoms with Crippen LogP contribution in [0.15, 0.2) is 48.5 Å². The Hall–Kier alpha value is -2.50. The summed E-state index contributed by atoms with van der Waals surface area (Å²) in [7, 11) is 0. The molecule has 1 aromatic heterocycles. The summed E-state index contributed by atoms with van der Waals surface area (Å²) >= 11 is 1.80. The summed E-state index contributed by atoms with van der Waals surface area (Å²) in [4.78, 5) is 11.6. The van der Waals surface area contributed by atoms with Crippen molar-refractivity contribution in [2.24, 2.45) is 5.73 Å². The SMILES string of the molecule is CCC[n+]1c(C=Cc2ccc(NC(=O)[C@H](C)N)cc2)sc2ccccc21. The van der Waals surface area contributed by atoms with Gasteiger partial charge in [-0.05, 0) is 36.8 Å². The predicted octanol–water partition coefficient (Wildman–Crippen LogP) is 4.05. The van der Waals surface area contributed by atoms with Gasteiger partial charge in [-0.25, -0.2) is 0 Å². The van der Waals surface area contributed by atoms with Crippen LogP contribution in [0, 0.1) is 0 Å². The number of nitrogens with zero attached hydrogens (tertiary/aromatic N) is 1. The molecular formula is C21H24N3OS+. The van der Waals surface area contributed by atoms with Gasteiger partial charge in [-0.2, -0.15) is 4.57 Å². The van der Waals surface area contributed by atoms with E-state index in [0.29, 0.717) is 0 Å². The molecular weight excluding hydrogens is 342 g/mol. The lowest BCUT2D eigenvalue weighted by Crippen LogP contribution is -2.34. The molecule has 1 amide bonds. The highest BCUT2D eigenvalue weighted by Gasteiger charge is 2.16. The Balaban J connectivity index is 1.80. The van der Waals surface area contributed by atoms with E-state index in [0.717, 1.165) is 24.2 Å². The molecule has 1 atom stereocenters. The van der Waals surface area contributed by atoms with Gasteiger partial charge >= 0.3 is 0 Å². The van der Waals surface area contributed by atoms with Crippen molar-refractivity contribution >= 4 is 45.3 Å². The molecule has 0 bridgehead atoms. The van der Waals surface area contributed by atoms with Gasteiger partial charge in [-0.3, -0.25) is 4.79 Å². The third-order valence-electron chi connectivity index (χ3n) is 4.09. The van der Waals surface area contributed by atoms with Crippen LogP contribution >= 0.6 is 11.3 Å². The first-order valence-corrected chi connectivity index (χ1v) is 9.66. The van der Waals surface area contributed by atoms with Gasteiger partial charge < -0.3 is 11.1 Å². The van der Waals surface area contributed by atoms with Gasteiger partial charge in [-0.15, -0.1) is 0 Å². The zero-order chi connectivity index (χ0) is 18.5. The second-order valence-electron chi connectivity index (χ2n) is 6.29. The number of aryl methyl sites for hydroxylation is 1. The number of carbonyl (C=O) groups is 1. The minimum atomic E-state index is -0.517. The molecule has 0 aliphatic heterocycles. The molecule has 0 unspecified atom stereocenters. The molecule has 0 aliphatic carbocycles. The summed E-state index contributed by atoms with van der Waals surface area (Å²) in [5.74, 6) is -0.181. The van der Waals surface area contributed by atoms with Crippen molar-refractivity contribution in [3.05, 3.63) is 59.1 Å². The van der Waals surface area contributed by atoms with Gasteiger partial charge in [0, 0.05) is 24.3 Å². The molecule has 5 heteroatoms. The maximum Gasteiger partial charge on any atom is 0.262 e. The highest BCUT2D eigenvalue weighted by atomic mass is 32.1. The number of fused-ring (bicyclic) bond motifs is 1. The number of benzene rings is 2. The number of nitrogens with two attached hydrogens (primary N) is 1. The van der Waals surface area contributed by atoms with E-state index < -0.39 is 6.04 Å². The van der Waals surface area contributed by atoms with Crippen molar-refractivity contribution in [3.63, 3.8) is 0 Å². The monoisotopic (exact) mass is 366 g/mol. The van der Waals surface area contributed by atoms with Crippen molar-refractivity contribution < 1.29 is 9.36 Å². The second-order valence-corrected chi connectivity index (χ2v) is 7.36. The van der Waals surface area contributed by atoms with E-state index in [9.17, 15) is 4.79 Å². The average molecular weight is 367 g/mol. The normalized spacial score (nSPS) is 12.6. The molecule has 134 valence electrons. The summed E-state index contributed by atoms with van der Waals surface area (Å²) in [5.41, 5.74) is 8.70. The third kappa shape index (κ3) is 4.18. The third-order valence-corrected chi connectivity index (χ3v) is 5.22. The molecule has 4 nitrogen and oxygen atoms in total. The number of amides is 1. The fraction of sp³-hybridized carbons (Fsp3) is 0.238. The lowest BCUT2D eigenvalue weighted by atomic mass is 10.2. The molecule has 0 saturated carbocycles. The highest BCUT2D eigenvalue weighted by Crippen LogP contribution is 2.22. The van der Waals surface area contributed by atoms with Crippen LogP contribution in [0.5, 0.6) is 0 Å². The molecule has 3 N–H and O–H groups in total. The molecule has 3 rings (SSSR count). The minimum Gasteiger partial charge on any atom is -0.325 e. The number of thiazole rings is 1. The molecule has 0 spiro atoms. The maximum absolute atomic E-state index is 11.6. The lowest BCUT2D eigenvalue weighted by molar-refractivity contribution is -0.668. The number of anilines is 1. The van der Waals surface area contributed by atoms with E-state index in [1.165, 1.54) is 15.2 Å². The highest BCUT2D eigenvalue weighted by molar-refractivity contribution is 7.18. The number of hydrogen-bond donors (Lipinski definition) is 2. The summed E-state index contributed by atoms with van der Waals surface area (Å²) in [6, 6.07) is 15.8. The quantitative estimate of drug-likeness (QED) is 0.647.